The molecular formula is C11H13NO3. The molecule has 4 heteroatoms. The van der Waals surface area contributed by atoms with Crippen molar-refractivity contribution in [2.75, 3.05) is 19.0 Å². The van der Waals surface area contributed by atoms with Crippen LogP contribution in [-0.4, -0.2) is 24.7 Å². The van der Waals surface area contributed by atoms with Gasteiger partial charge in [-0.1, -0.05) is 12.7 Å². The third-order valence-corrected chi connectivity index (χ3v) is 1.85. The summed E-state index contributed by atoms with van der Waals surface area (Å²) in [6.07, 6.45) is 1.60. The van der Waals surface area contributed by atoms with E-state index in [2.05, 4.69) is 11.9 Å². The van der Waals surface area contributed by atoms with E-state index in [1.807, 2.05) is 0 Å². The summed E-state index contributed by atoms with van der Waals surface area (Å²) in [5.41, 5.74) is 0.954. The number of aromatic carboxylic acids is 1. The summed E-state index contributed by atoms with van der Waals surface area (Å²) >= 11 is 0. The second-order valence-electron chi connectivity index (χ2n) is 2.87. The van der Waals surface area contributed by atoms with Crippen LogP contribution in [0.15, 0.2) is 30.9 Å². The lowest BCUT2D eigenvalue weighted by Gasteiger charge is -2.10. The molecule has 0 amide bonds. The fourth-order valence-corrected chi connectivity index (χ4v) is 1.13. The molecule has 0 saturated carbocycles. The van der Waals surface area contributed by atoms with Crippen LogP contribution in [0.1, 0.15) is 10.4 Å². The molecule has 4 nitrogen and oxygen atoms in total. The van der Waals surface area contributed by atoms with Crippen molar-refractivity contribution in [3.05, 3.63) is 36.4 Å². The van der Waals surface area contributed by atoms with Crippen LogP contribution in [0, 0.1) is 0 Å². The van der Waals surface area contributed by atoms with E-state index in [9.17, 15) is 4.79 Å². The van der Waals surface area contributed by atoms with E-state index in [-0.39, 0.29) is 5.56 Å². The molecule has 0 saturated heterocycles. The molecule has 2 N–H and O–H groups in total. The smallest absolute Gasteiger partial charge is 0.335 e. The van der Waals surface area contributed by atoms with Crippen LogP contribution in [-0.2, 0) is 0 Å². The van der Waals surface area contributed by atoms with E-state index in [0.717, 1.165) is 5.69 Å². The topological polar surface area (TPSA) is 58.6 Å². The van der Waals surface area contributed by atoms with Crippen LogP contribution in [0.5, 0.6) is 5.75 Å². The Labute approximate surface area is 88.2 Å². The predicted octanol–water partition coefficient (Wildman–Crippen LogP) is 1.99. The lowest BCUT2D eigenvalue weighted by atomic mass is 10.2. The standard InChI is InChI=1S/C11H13NO3/c1-3-6-15-10-7-8(11(13)14)4-5-9(10)12-2/h3-5,7,12H,1,6H2,2H3,(H,13,14). The molecule has 0 atom stereocenters. The molecule has 0 aromatic heterocycles. The molecule has 1 rings (SSSR count). The molecule has 15 heavy (non-hydrogen) atoms. The Balaban J connectivity index is 3.01. The van der Waals surface area contributed by atoms with Crippen molar-refractivity contribution in [1.82, 2.24) is 0 Å². The number of carbonyl (C=O) groups is 1. The summed E-state index contributed by atoms with van der Waals surface area (Å²) in [5, 5.41) is 11.7. The van der Waals surface area contributed by atoms with Gasteiger partial charge in [0.1, 0.15) is 12.4 Å². The zero-order valence-corrected chi connectivity index (χ0v) is 8.49. The van der Waals surface area contributed by atoms with Crippen LogP contribution in [0.4, 0.5) is 5.69 Å². The van der Waals surface area contributed by atoms with Gasteiger partial charge in [-0.25, -0.2) is 4.79 Å². The van der Waals surface area contributed by atoms with Crippen molar-refractivity contribution in [2.45, 2.75) is 0 Å². The maximum Gasteiger partial charge on any atom is 0.335 e. The zero-order valence-electron chi connectivity index (χ0n) is 8.49. The first-order chi connectivity index (χ1) is 7.19. The quantitative estimate of drug-likeness (QED) is 0.725. The summed E-state index contributed by atoms with van der Waals surface area (Å²) in [6.45, 7) is 3.87. The Hall–Kier alpha value is -1.97. The maximum absolute atomic E-state index is 10.7. The first-order valence-corrected chi connectivity index (χ1v) is 4.48. The van der Waals surface area contributed by atoms with Gasteiger partial charge >= 0.3 is 5.97 Å². The largest absolute Gasteiger partial charge is 0.487 e. The average Bonchev–Trinajstić information content (AvgIpc) is 2.25. The Morgan fingerprint density at radius 1 is 1.67 bits per heavy atom. The molecule has 0 unspecified atom stereocenters. The number of anilines is 1. The first-order valence-electron chi connectivity index (χ1n) is 4.48. The van der Waals surface area contributed by atoms with Gasteiger partial charge in [0, 0.05) is 7.05 Å². The fraction of sp³-hybridized carbons (Fsp3) is 0.182. The summed E-state index contributed by atoms with van der Waals surface area (Å²) in [7, 11) is 1.75. The highest BCUT2D eigenvalue weighted by atomic mass is 16.5. The monoisotopic (exact) mass is 207 g/mol. The second kappa shape index (κ2) is 5.05. The van der Waals surface area contributed by atoms with E-state index in [4.69, 9.17) is 9.84 Å². The van der Waals surface area contributed by atoms with Gasteiger partial charge < -0.3 is 15.2 Å². The Bertz CT molecular complexity index is 374. The zero-order chi connectivity index (χ0) is 11.3. The molecular weight excluding hydrogens is 194 g/mol. The Kier molecular flexibility index (Phi) is 3.74. The van der Waals surface area contributed by atoms with Crippen LogP contribution < -0.4 is 10.1 Å². The highest BCUT2D eigenvalue weighted by Gasteiger charge is 2.07. The van der Waals surface area contributed by atoms with Crippen molar-refractivity contribution in [3.8, 4) is 5.75 Å². The number of carboxylic acids is 1. The molecule has 1 aromatic carbocycles. The van der Waals surface area contributed by atoms with Gasteiger partial charge in [0.2, 0.25) is 0 Å². The molecule has 0 radical (unpaired) electrons. The van der Waals surface area contributed by atoms with Crippen molar-refractivity contribution in [2.24, 2.45) is 0 Å². The third kappa shape index (κ3) is 2.74. The predicted molar refractivity (Wildman–Crippen MR) is 58.6 cm³/mol. The highest BCUT2D eigenvalue weighted by molar-refractivity contribution is 5.89. The van der Waals surface area contributed by atoms with Crippen LogP contribution >= 0.6 is 0 Å². The number of carboxylic acid groups (broad SMARTS) is 1. The SMILES string of the molecule is C=CCOc1cc(C(=O)O)ccc1NC. The van der Waals surface area contributed by atoms with Gasteiger partial charge in [-0.2, -0.15) is 0 Å². The van der Waals surface area contributed by atoms with E-state index in [1.54, 1.807) is 19.2 Å². The minimum Gasteiger partial charge on any atom is -0.487 e. The number of hydrogen-bond acceptors (Lipinski definition) is 3. The molecule has 80 valence electrons. The number of benzene rings is 1. The molecule has 0 spiro atoms. The van der Waals surface area contributed by atoms with E-state index >= 15 is 0 Å². The fourth-order valence-electron chi connectivity index (χ4n) is 1.13. The molecule has 1 aromatic rings. The lowest BCUT2D eigenvalue weighted by molar-refractivity contribution is 0.0696. The van der Waals surface area contributed by atoms with Crippen LogP contribution in [0.25, 0.3) is 0 Å². The molecule has 0 aliphatic carbocycles. The van der Waals surface area contributed by atoms with Crippen molar-refractivity contribution < 1.29 is 14.6 Å². The number of rotatable bonds is 5. The summed E-state index contributed by atoms with van der Waals surface area (Å²) in [6, 6.07) is 4.68. The van der Waals surface area contributed by atoms with Crippen molar-refractivity contribution in [1.29, 1.82) is 0 Å². The van der Waals surface area contributed by atoms with E-state index in [0.29, 0.717) is 12.4 Å². The highest BCUT2D eigenvalue weighted by Crippen LogP contribution is 2.25. The molecule has 0 fully saturated rings. The van der Waals surface area contributed by atoms with E-state index < -0.39 is 5.97 Å². The average molecular weight is 207 g/mol. The van der Waals surface area contributed by atoms with Gasteiger partial charge in [0.05, 0.1) is 11.3 Å². The number of ether oxygens (including phenoxy) is 1. The molecule has 0 heterocycles. The summed E-state index contributed by atoms with van der Waals surface area (Å²) in [4.78, 5) is 10.7. The molecule has 0 bridgehead atoms. The normalized spacial score (nSPS) is 9.40. The summed E-state index contributed by atoms with van der Waals surface area (Å²) < 4.78 is 5.32. The van der Waals surface area contributed by atoms with Crippen molar-refractivity contribution >= 4 is 11.7 Å². The minimum absolute atomic E-state index is 0.202. The Morgan fingerprint density at radius 3 is 2.93 bits per heavy atom. The van der Waals surface area contributed by atoms with Gasteiger partial charge in [0.25, 0.3) is 0 Å². The molecule has 0 aliphatic heterocycles. The lowest BCUT2D eigenvalue weighted by Crippen LogP contribution is -2.02. The molecule has 0 aliphatic rings. The van der Waals surface area contributed by atoms with Gasteiger partial charge in [-0.15, -0.1) is 0 Å². The summed E-state index contributed by atoms with van der Waals surface area (Å²) in [5.74, 6) is -0.460. The van der Waals surface area contributed by atoms with E-state index in [1.165, 1.54) is 12.1 Å². The number of nitrogens with one attached hydrogen (secondary N) is 1. The van der Waals surface area contributed by atoms with Gasteiger partial charge in [-0.3, -0.25) is 0 Å². The Morgan fingerprint density at radius 2 is 2.40 bits per heavy atom. The maximum atomic E-state index is 10.7. The van der Waals surface area contributed by atoms with Gasteiger partial charge in [-0.05, 0) is 18.2 Å². The first kappa shape index (κ1) is 11.1. The third-order valence-electron chi connectivity index (χ3n) is 1.85. The van der Waals surface area contributed by atoms with Gasteiger partial charge in [0.15, 0.2) is 0 Å². The minimum atomic E-state index is -0.971. The van der Waals surface area contributed by atoms with Crippen LogP contribution in [0.3, 0.4) is 0 Å². The number of hydrogen-bond donors (Lipinski definition) is 2. The van der Waals surface area contributed by atoms with Crippen LogP contribution in [0.2, 0.25) is 0 Å². The van der Waals surface area contributed by atoms with Crippen molar-refractivity contribution in [3.63, 3.8) is 0 Å². The second-order valence-corrected chi connectivity index (χ2v) is 2.87.